The molecule has 2 aliphatic rings. The molecule has 56 valence electrons. The van der Waals surface area contributed by atoms with Crippen molar-refractivity contribution in [3.8, 4) is 0 Å². The number of ether oxygens (including phenoxy) is 1. The first-order valence-electron chi connectivity index (χ1n) is 3.43. The van der Waals surface area contributed by atoms with Gasteiger partial charge in [0.05, 0.1) is 12.2 Å². The first kappa shape index (κ1) is 6.31. The molecule has 0 saturated carbocycles. The van der Waals surface area contributed by atoms with Crippen LogP contribution in [0.15, 0.2) is 12.2 Å². The van der Waals surface area contributed by atoms with Gasteiger partial charge in [0.15, 0.2) is 6.17 Å². The highest BCUT2D eigenvalue weighted by molar-refractivity contribution is 5.10. The highest BCUT2D eigenvalue weighted by atomic mass is 19.1. The van der Waals surface area contributed by atoms with Crippen LogP contribution in [0.3, 0.4) is 0 Å². The summed E-state index contributed by atoms with van der Waals surface area (Å²) in [4.78, 5) is 0. The first-order valence-corrected chi connectivity index (χ1v) is 3.43. The van der Waals surface area contributed by atoms with Gasteiger partial charge in [-0.1, -0.05) is 12.2 Å². The minimum atomic E-state index is -1.23. The highest BCUT2D eigenvalue weighted by Crippen LogP contribution is 2.28. The van der Waals surface area contributed by atoms with Crippen LogP contribution in [0.2, 0.25) is 0 Å². The van der Waals surface area contributed by atoms with Crippen molar-refractivity contribution in [1.29, 1.82) is 0 Å². The van der Waals surface area contributed by atoms with E-state index in [2.05, 4.69) is 0 Å². The Hall–Kier alpha value is -0.410. The molecule has 0 aromatic heterocycles. The van der Waals surface area contributed by atoms with Crippen LogP contribution in [0.25, 0.3) is 0 Å². The standard InChI is InChI=1S/C7H9FO2/c8-7-5(9)3-4-1-2-6(7)10-4/h1-2,4-7,9H,3H2. The molecule has 4 atom stereocenters. The zero-order chi connectivity index (χ0) is 7.14. The lowest BCUT2D eigenvalue weighted by Gasteiger charge is -2.28. The van der Waals surface area contributed by atoms with Crippen LogP contribution in [-0.2, 0) is 4.74 Å². The van der Waals surface area contributed by atoms with Gasteiger partial charge >= 0.3 is 0 Å². The van der Waals surface area contributed by atoms with Gasteiger partial charge in [0.25, 0.3) is 0 Å². The van der Waals surface area contributed by atoms with Gasteiger partial charge in [-0.2, -0.15) is 0 Å². The van der Waals surface area contributed by atoms with E-state index in [1.54, 1.807) is 6.08 Å². The quantitative estimate of drug-likeness (QED) is 0.499. The molecule has 2 nitrogen and oxygen atoms in total. The van der Waals surface area contributed by atoms with Gasteiger partial charge in [0, 0.05) is 6.42 Å². The molecule has 2 aliphatic heterocycles. The van der Waals surface area contributed by atoms with E-state index in [0.29, 0.717) is 6.42 Å². The molecule has 4 unspecified atom stereocenters. The third kappa shape index (κ3) is 0.777. The molecule has 2 heterocycles. The van der Waals surface area contributed by atoms with Crippen molar-refractivity contribution in [2.75, 3.05) is 0 Å². The molecule has 1 fully saturated rings. The largest absolute Gasteiger partial charge is 0.390 e. The third-order valence-electron chi connectivity index (χ3n) is 2.00. The van der Waals surface area contributed by atoms with Crippen molar-refractivity contribution in [1.82, 2.24) is 0 Å². The molecule has 1 saturated heterocycles. The number of aliphatic hydroxyl groups excluding tert-OH is 1. The van der Waals surface area contributed by atoms with E-state index in [0.717, 1.165) is 0 Å². The summed E-state index contributed by atoms with van der Waals surface area (Å²) < 4.78 is 18.0. The SMILES string of the molecule is OC1CC2C=CC(O2)C1F. The molecular formula is C7H9FO2. The average Bonchev–Trinajstić information content (AvgIpc) is 2.29. The zero-order valence-corrected chi connectivity index (χ0v) is 5.40. The molecule has 0 spiro atoms. The minimum absolute atomic E-state index is 0.0491. The topological polar surface area (TPSA) is 29.5 Å². The van der Waals surface area contributed by atoms with Gasteiger partial charge in [-0.3, -0.25) is 0 Å². The Balaban J connectivity index is 2.16. The van der Waals surface area contributed by atoms with Crippen LogP contribution in [0.4, 0.5) is 4.39 Å². The Morgan fingerprint density at radius 1 is 1.50 bits per heavy atom. The molecule has 2 bridgehead atoms. The maximum Gasteiger partial charge on any atom is 0.156 e. The van der Waals surface area contributed by atoms with E-state index < -0.39 is 18.4 Å². The van der Waals surface area contributed by atoms with Crippen LogP contribution < -0.4 is 0 Å². The summed E-state index contributed by atoms with van der Waals surface area (Å²) in [6, 6.07) is 0. The lowest BCUT2D eigenvalue weighted by Crippen LogP contribution is -2.40. The second kappa shape index (κ2) is 2.04. The summed E-state index contributed by atoms with van der Waals surface area (Å²) in [5.74, 6) is 0. The van der Waals surface area contributed by atoms with Crippen LogP contribution in [0.1, 0.15) is 6.42 Å². The number of halogens is 1. The average molecular weight is 144 g/mol. The Kier molecular flexibility index (Phi) is 1.28. The van der Waals surface area contributed by atoms with E-state index in [9.17, 15) is 4.39 Å². The van der Waals surface area contributed by atoms with E-state index in [1.807, 2.05) is 6.08 Å². The third-order valence-corrected chi connectivity index (χ3v) is 2.00. The number of aliphatic hydroxyl groups is 1. The monoisotopic (exact) mass is 144 g/mol. The fourth-order valence-corrected chi connectivity index (χ4v) is 1.43. The van der Waals surface area contributed by atoms with Crippen molar-refractivity contribution in [2.24, 2.45) is 0 Å². The van der Waals surface area contributed by atoms with Crippen LogP contribution in [0, 0.1) is 0 Å². The van der Waals surface area contributed by atoms with Gasteiger partial charge in [-0.25, -0.2) is 4.39 Å². The smallest absolute Gasteiger partial charge is 0.156 e. The van der Waals surface area contributed by atoms with Gasteiger partial charge in [-0.15, -0.1) is 0 Å². The van der Waals surface area contributed by atoms with Gasteiger partial charge in [0.1, 0.15) is 6.10 Å². The summed E-state index contributed by atoms with van der Waals surface area (Å²) in [7, 11) is 0. The normalized spacial score (nSPS) is 51.8. The lowest BCUT2D eigenvalue weighted by atomic mass is 10.0. The van der Waals surface area contributed by atoms with Crippen molar-refractivity contribution in [2.45, 2.75) is 30.9 Å². The fraction of sp³-hybridized carbons (Fsp3) is 0.714. The number of alkyl halides is 1. The predicted octanol–water partition coefficient (Wildman–Crippen LogP) is 0.413. The second-order valence-corrected chi connectivity index (χ2v) is 2.77. The molecule has 0 aliphatic carbocycles. The number of hydrogen-bond acceptors (Lipinski definition) is 2. The molecule has 1 N–H and O–H groups in total. The van der Waals surface area contributed by atoms with E-state index in [1.165, 1.54) is 0 Å². The Morgan fingerprint density at radius 3 is 3.10 bits per heavy atom. The molecule has 0 aromatic carbocycles. The van der Waals surface area contributed by atoms with Crippen molar-refractivity contribution >= 4 is 0 Å². The van der Waals surface area contributed by atoms with Gasteiger partial charge < -0.3 is 9.84 Å². The van der Waals surface area contributed by atoms with Gasteiger partial charge in [0.2, 0.25) is 0 Å². The molecule has 0 amide bonds. The van der Waals surface area contributed by atoms with E-state index in [4.69, 9.17) is 9.84 Å². The summed E-state index contributed by atoms with van der Waals surface area (Å²) >= 11 is 0. The van der Waals surface area contributed by atoms with Crippen LogP contribution >= 0.6 is 0 Å². The maximum atomic E-state index is 12.8. The Labute approximate surface area is 58.3 Å². The van der Waals surface area contributed by atoms with E-state index in [-0.39, 0.29) is 6.10 Å². The van der Waals surface area contributed by atoms with Crippen LogP contribution in [-0.4, -0.2) is 29.6 Å². The highest BCUT2D eigenvalue weighted by Gasteiger charge is 2.39. The van der Waals surface area contributed by atoms with Crippen molar-refractivity contribution in [3.05, 3.63) is 12.2 Å². The molecule has 0 aromatic rings. The van der Waals surface area contributed by atoms with Crippen molar-refractivity contribution in [3.63, 3.8) is 0 Å². The lowest BCUT2D eigenvalue weighted by molar-refractivity contribution is -0.0963. The summed E-state index contributed by atoms with van der Waals surface area (Å²) in [6.45, 7) is 0. The molecule has 10 heavy (non-hydrogen) atoms. The summed E-state index contributed by atoms with van der Waals surface area (Å²) in [6.07, 6.45) is 1.29. The van der Waals surface area contributed by atoms with Crippen molar-refractivity contribution < 1.29 is 14.2 Å². The van der Waals surface area contributed by atoms with Gasteiger partial charge in [-0.05, 0) is 0 Å². The minimum Gasteiger partial charge on any atom is -0.390 e. The van der Waals surface area contributed by atoms with E-state index >= 15 is 0 Å². The predicted molar refractivity (Wildman–Crippen MR) is 33.3 cm³/mol. The van der Waals surface area contributed by atoms with Crippen LogP contribution in [0.5, 0.6) is 0 Å². The molecule has 3 heteroatoms. The Morgan fingerprint density at radius 2 is 2.30 bits per heavy atom. The summed E-state index contributed by atoms with van der Waals surface area (Å²) in [5.41, 5.74) is 0. The molecule has 2 rings (SSSR count). The number of hydrogen-bond donors (Lipinski definition) is 1. The molecule has 0 radical (unpaired) electrons. The fourth-order valence-electron chi connectivity index (χ4n) is 1.43. The summed E-state index contributed by atoms with van der Waals surface area (Å²) in [5, 5.41) is 9.06. The number of rotatable bonds is 0. The first-order chi connectivity index (χ1) is 4.77. The molecular weight excluding hydrogens is 135 g/mol. The Bertz CT molecular complexity index is 169. The maximum absolute atomic E-state index is 12.8. The number of fused-ring (bicyclic) bond motifs is 2. The second-order valence-electron chi connectivity index (χ2n) is 2.77. The zero-order valence-electron chi connectivity index (χ0n) is 5.40.